The Morgan fingerprint density at radius 3 is 2.46 bits per heavy atom. The first-order valence-corrected chi connectivity index (χ1v) is 4.98. The number of hydrogen-bond donors (Lipinski definition) is 1. The second-order valence-corrected chi connectivity index (χ2v) is 3.86. The molecule has 0 aliphatic rings. The Morgan fingerprint density at radius 2 is 1.92 bits per heavy atom. The SMILES string of the molecule is Nc1ncsc1-c1ccc(Cl)cc1. The van der Waals surface area contributed by atoms with E-state index in [4.69, 9.17) is 17.3 Å². The van der Waals surface area contributed by atoms with Crippen LogP contribution in [0.3, 0.4) is 0 Å². The molecule has 2 aromatic rings. The summed E-state index contributed by atoms with van der Waals surface area (Å²) >= 11 is 7.30. The number of nitrogens with two attached hydrogens (primary N) is 1. The molecule has 1 aromatic carbocycles. The molecule has 0 saturated carbocycles. The van der Waals surface area contributed by atoms with Gasteiger partial charge in [0.05, 0.1) is 10.4 Å². The van der Waals surface area contributed by atoms with E-state index in [1.165, 1.54) is 11.3 Å². The van der Waals surface area contributed by atoms with Crippen LogP contribution < -0.4 is 5.73 Å². The molecule has 4 heteroatoms. The van der Waals surface area contributed by atoms with E-state index in [-0.39, 0.29) is 0 Å². The molecule has 0 aliphatic carbocycles. The minimum Gasteiger partial charge on any atom is -0.382 e. The van der Waals surface area contributed by atoms with Crippen molar-refractivity contribution in [3.63, 3.8) is 0 Å². The van der Waals surface area contributed by atoms with E-state index in [1.807, 2.05) is 24.3 Å². The third-order valence-electron chi connectivity index (χ3n) is 1.70. The van der Waals surface area contributed by atoms with Crippen molar-refractivity contribution in [3.8, 4) is 10.4 Å². The lowest BCUT2D eigenvalue weighted by atomic mass is 10.2. The third-order valence-corrected chi connectivity index (χ3v) is 2.84. The second kappa shape index (κ2) is 3.36. The number of nitrogens with zero attached hydrogens (tertiary/aromatic N) is 1. The zero-order valence-electron chi connectivity index (χ0n) is 6.70. The lowest BCUT2D eigenvalue weighted by Crippen LogP contribution is -1.86. The summed E-state index contributed by atoms with van der Waals surface area (Å²) in [5.74, 6) is 0.576. The molecule has 0 amide bonds. The predicted molar refractivity (Wildman–Crippen MR) is 57.0 cm³/mol. The monoisotopic (exact) mass is 210 g/mol. The average molecular weight is 211 g/mol. The highest BCUT2D eigenvalue weighted by Gasteiger charge is 2.04. The molecule has 0 saturated heterocycles. The summed E-state index contributed by atoms with van der Waals surface area (Å²) in [6.07, 6.45) is 0. The van der Waals surface area contributed by atoms with Crippen molar-refractivity contribution in [2.45, 2.75) is 0 Å². The summed E-state index contributed by atoms with van der Waals surface area (Å²) < 4.78 is 0. The van der Waals surface area contributed by atoms with E-state index in [2.05, 4.69) is 4.98 Å². The van der Waals surface area contributed by atoms with E-state index in [0.29, 0.717) is 5.82 Å². The molecule has 0 atom stereocenters. The highest BCUT2D eigenvalue weighted by Crippen LogP contribution is 2.29. The maximum atomic E-state index is 5.77. The number of aromatic nitrogens is 1. The van der Waals surface area contributed by atoms with Crippen molar-refractivity contribution < 1.29 is 0 Å². The average Bonchev–Trinajstić information content (AvgIpc) is 2.53. The van der Waals surface area contributed by atoms with Gasteiger partial charge in [-0.3, -0.25) is 0 Å². The molecule has 0 unspecified atom stereocenters. The van der Waals surface area contributed by atoms with Gasteiger partial charge in [0, 0.05) is 5.02 Å². The molecule has 2 nitrogen and oxygen atoms in total. The van der Waals surface area contributed by atoms with E-state index in [9.17, 15) is 0 Å². The molecule has 2 N–H and O–H groups in total. The molecule has 1 heterocycles. The lowest BCUT2D eigenvalue weighted by Gasteiger charge is -1.97. The smallest absolute Gasteiger partial charge is 0.142 e. The molecule has 0 fully saturated rings. The number of thiazole rings is 1. The van der Waals surface area contributed by atoms with Crippen LogP contribution in [0.5, 0.6) is 0 Å². The van der Waals surface area contributed by atoms with Crippen molar-refractivity contribution in [3.05, 3.63) is 34.8 Å². The van der Waals surface area contributed by atoms with Crippen molar-refractivity contribution >= 4 is 28.8 Å². The lowest BCUT2D eigenvalue weighted by molar-refractivity contribution is 1.42. The number of rotatable bonds is 1. The summed E-state index contributed by atoms with van der Waals surface area (Å²) in [7, 11) is 0. The van der Waals surface area contributed by atoms with Crippen LogP contribution in [0, 0.1) is 0 Å². The first-order valence-electron chi connectivity index (χ1n) is 3.72. The van der Waals surface area contributed by atoms with E-state index in [0.717, 1.165) is 15.5 Å². The zero-order valence-corrected chi connectivity index (χ0v) is 8.27. The van der Waals surface area contributed by atoms with Gasteiger partial charge in [-0.1, -0.05) is 23.7 Å². The van der Waals surface area contributed by atoms with E-state index >= 15 is 0 Å². The fourth-order valence-corrected chi connectivity index (χ4v) is 1.92. The van der Waals surface area contributed by atoms with Gasteiger partial charge >= 0.3 is 0 Å². The van der Waals surface area contributed by atoms with Gasteiger partial charge in [-0.15, -0.1) is 11.3 Å². The van der Waals surface area contributed by atoms with Crippen LogP contribution in [0.15, 0.2) is 29.8 Å². The highest BCUT2D eigenvalue weighted by molar-refractivity contribution is 7.13. The Kier molecular flexibility index (Phi) is 2.20. The van der Waals surface area contributed by atoms with Gasteiger partial charge in [0.25, 0.3) is 0 Å². The standard InChI is InChI=1S/C9H7ClN2S/c10-7-3-1-6(2-4-7)8-9(11)12-5-13-8/h1-5H,11H2. The van der Waals surface area contributed by atoms with Crippen molar-refractivity contribution in [2.75, 3.05) is 5.73 Å². The van der Waals surface area contributed by atoms with Crippen LogP contribution in [0.25, 0.3) is 10.4 Å². The van der Waals surface area contributed by atoms with Crippen LogP contribution in [-0.2, 0) is 0 Å². The van der Waals surface area contributed by atoms with Gasteiger partial charge in [-0.2, -0.15) is 0 Å². The number of hydrogen-bond acceptors (Lipinski definition) is 3. The van der Waals surface area contributed by atoms with Crippen LogP contribution in [-0.4, -0.2) is 4.98 Å². The molecule has 66 valence electrons. The maximum Gasteiger partial charge on any atom is 0.142 e. The fourth-order valence-electron chi connectivity index (χ4n) is 1.07. The summed E-state index contributed by atoms with van der Waals surface area (Å²) in [6, 6.07) is 7.56. The topological polar surface area (TPSA) is 38.9 Å². The normalized spacial score (nSPS) is 10.2. The van der Waals surface area contributed by atoms with Gasteiger partial charge in [0.15, 0.2) is 0 Å². The minimum atomic E-state index is 0.576. The largest absolute Gasteiger partial charge is 0.382 e. The summed E-state index contributed by atoms with van der Waals surface area (Å²) in [4.78, 5) is 4.98. The molecular weight excluding hydrogens is 204 g/mol. The molecular formula is C9H7ClN2S. The van der Waals surface area contributed by atoms with Crippen LogP contribution in [0.2, 0.25) is 5.02 Å². The van der Waals surface area contributed by atoms with Crippen molar-refractivity contribution in [1.29, 1.82) is 0 Å². The first-order chi connectivity index (χ1) is 6.27. The number of anilines is 1. The number of benzene rings is 1. The van der Waals surface area contributed by atoms with Crippen molar-refractivity contribution in [2.24, 2.45) is 0 Å². The molecule has 2 rings (SSSR count). The molecule has 0 spiro atoms. The molecule has 13 heavy (non-hydrogen) atoms. The van der Waals surface area contributed by atoms with Gasteiger partial charge in [0.2, 0.25) is 0 Å². The highest BCUT2D eigenvalue weighted by atomic mass is 35.5. The zero-order chi connectivity index (χ0) is 9.26. The predicted octanol–water partition coefficient (Wildman–Crippen LogP) is 3.05. The van der Waals surface area contributed by atoms with Gasteiger partial charge in [-0.25, -0.2) is 4.98 Å². The van der Waals surface area contributed by atoms with Crippen molar-refractivity contribution in [1.82, 2.24) is 4.98 Å². The number of nitrogen functional groups attached to an aromatic ring is 1. The Morgan fingerprint density at radius 1 is 1.23 bits per heavy atom. The Bertz CT molecular complexity index is 408. The summed E-state index contributed by atoms with van der Waals surface area (Å²) in [5.41, 5.74) is 8.47. The van der Waals surface area contributed by atoms with Crippen LogP contribution in [0.4, 0.5) is 5.82 Å². The maximum absolute atomic E-state index is 5.77. The molecule has 0 aliphatic heterocycles. The Balaban J connectivity index is 2.47. The Hall–Kier alpha value is -1.06. The molecule has 0 bridgehead atoms. The summed E-state index contributed by atoms with van der Waals surface area (Å²) in [6.45, 7) is 0. The van der Waals surface area contributed by atoms with Crippen LogP contribution in [0.1, 0.15) is 0 Å². The third kappa shape index (κ3) is 1.66. The second-order valence-electron chi connectivity index (χ2n) is 2.57. The quantitative estimate of drug-likeness (QED) is 0.786. The molecule has 0 radical (unpaired) electrons. The van der Waals surface area contributed by atoms with Crippen LogP contribution >= 0.6 is 22.9 Å². The Labute approximate surface area is 85.0 Å². The summed E-state index contributed by atoms with van der Waals surface area (Å²) in [5, 5.41) is 0.729. The first kappa shape index (κ1) is 8.53. The fraction of sp³-hybridized carbons (Fsp3) is 0. The van der Waals surface area contributed by atoms with Gasteiger partial charge in [0.1, 0.15) is 5.82 Å². The minimum absolute atomic E-state index is 0.576. The van der Waals surface area contributed by atoms with E-state index in [1.54, 1.807) is 5.51 Å². The van der Waals surface area contributed by atoms with Gasteiger partial charge in [-0.05, 0) is 17.7 Å². The molecule has 1 aromatic heterocycles. The number of halogens is 1. The van der Waals surface area contributed by atoms with E-state index < -0.39 is 0 Å². The van der Waals surface area contributed by atoms with Gasteiger partial charge < -0.3 is 5.73 Å².